The summed E-state index contributed by atoms with van der Waals surface area (Å²) in [5.41, 5.74) is 1.22. The largest absolute Gasteiger partial charge is 0.481 e. The molecule has 2 N–H and O–H groups in total. The Morgan fingerprint density at radius 2 is 2.06 bits per heavy atom. The van der Waals surface area contributed by atoms with Crippen LogP contribution in [0.25, 0.3) is 0 Å². The maximum atomic E-state index is 10.4. The molecule has 0 atom stereocenters. The number of hydrogen-bond acceptors (Lipinski definition) is 4. The predicted molar refractivity (Wildman–Crippen MR) is 69.7 cm³/mol. The number of pyridine rings is 1. The molecule has 0 unspecified atom stereocenters. The van der Waals surface area contributed by atoms with Gasteiger partial charge in [0.25, 0.3) is 0 Å². The van der Waals surface area contributed by atoms with Crippen LogP contribution in [0.2, 0.25) is 0 Å². The molecule has 0 aliphatic carbocycles. The van der Waals surface area contributed by atoms with Crippen LogP contribution in [0.1, 0.15) is 19.3 Å². The number of carboxylic acids is 1. The molecule has 0 saturated carbocycles. The van der Waals surface area contributed by atoms with E-state index in [1.807, 2.05) is 24.5 Å². The number of hydrogen-bond donors (Lipinski definition) is 2. The van der Waals surface area contributed by atoms with E-state index in [1.165, 1.54) is 5.69 Å². The fourth-order valence-corrected chi connectivity index (χ4v) is 2.28. The van der Waals surface area contributed by atoms with Crippen LogP contribution in [0.5, 0.6) is 0 Å². The van der Waals surface area contributed by atoms with E-state index in [-0.39, 0.29) is 6.42 Å². The second kappa shape index (κ2) is 6.35. The van der Waals surface area contributed by atoms with E-state index in [2.05, 4.69) is 15.2 Å². The summed E-state index contributed by atoms with van der Waals surface area (Å²) >= 11 is 0. The van der Waals surface area contributed by atoms with E-state index in [0.717, 1.165) is 25.9 Å². The number of piperidine rings is 1. The highest BCUT2D eigenvalue weighted by atomic mass is 16.4. The summed E-state index contributed by atoms with van der Waals surface area (Å²) in [4.78, 5) is 16.8. The van der Waals surface area contributed by atoms with Crippen molar-refractivity contribution in [2.24, 2.45) is 0 Å². The molecule has 5 heteroatoms. The van der Waals surface area contributed by atoms with Gasteiger partial charge in [0.2, 0.25) is 0 Å². The van der Waals surface area contributed by atoms with Crippen molar-refractivity contribution in [2.75, 3.05) is 24.5 Å². The van der Waals surface area contributed by atoms with Crippen molar-refractivity contribution in [1.82, 2.24) is 10.3 Å². The Kier molecular flexibility index (Phi) is 4.52. The summed E-state index contributed by atoms with van der Waals surface area (Å²) in [5.74, 6) is -0.739. The highest BCUT2D eigenvalue weighted by Crippen LogP contribution is 2.18. The molecular weight excluding hydrogens is 230 g/mol. The van der Waals surface area contributed by atoms with Crippen molar-refractivity contribution in [3.8, 4) is 0 Å². The summed E-state index contributed by atoms with van der Waals surface area (Å²) in [6.45, 7) is 2.58. The van der Waals surface area contributed by atoms with Gasteiger partial charge in [0.15, 0.2) is 0 Å². The Morgan fingerprint density at radius 3 is 2.67 bits per heavy atom. The Bertz CT molecular complexity index is 375. The SMILES string of the molecule is O=C(O)CCNC1CCN(c2ccncc2)CC1. The lowest BCUT2D eigenvalue weighted by molar-refractivity contribution is -0.136. The molecule has 1 aromatic rings. The lowest BCUT2D eigenvalue weighted by Crippen LogP contribution is -2.43. The van der Waals surface area contributed by atoms with Crippen molar-refractivity contribution >= 4 is 11.7 Å². The molecule has 2 heterocycles. The molecule has 0 aromatic carbocycles. The third-order valence-electron chi connectivity index (χ3n) is 3.29. The molecule has 5 nitrogen and oxygen atoms in total. The molecule has 1 fully saturated rings. The van der Waals surface area contributed by atoms with Crippen LogP contribution in [0.3, 0.4) is 0 Å². The predicted octanol–water partition coefficient (Wildman–Crippen LogP) is 1.11. The van der Waals surface area contributed by atoms with Crippen molar-refractivity contribution in [2.45, 2.75) is 25.3 Å². The first-order valence-electron chi connectivity index (χ1n) is 6.36. The molecule has 0 spiro atoms. The Labute approximate surface area is 107 Å². The molecule has 1 aliphatic rings. The third-order valence-corrected chi connectivity index (χ3v) is 3.29. The van der Waals surface area contributed by atoms with Crippen molar-refractivity contribution in [3.05, 3.63) is 24.5 Å². The number of carbonyl (C=O) groups is 1. The van der Waals surface area contributed by atoms with Crippen LogP contribution in [0.15, 0.2) is 24.5 Å². The smallest absolute Gasteiger partial charge is 0.304 e. The number of nitrogens with one attached hydrogen (secondary N) is 1. The van der Waals surface area contributed by atoms with Crippen molar-refractivity contribution in [1.29, 1.82) is 0 Å². The van der Waals surface area contributed by atoms with Crippen molar-refractivity contribution in [3.63, 3.8) is 0 Å². The van der Waals surface area contributed by atoms with Crippen LogP contribution in [0, 0.1) is 0 Å². The van der Waals surface area contributed by atoms with E-state index < -0.39 is 5.97 Å². The van der Waals surface area contributed by atoms with Gasteiger partial charge in [0.1, 0.15) is 0 Å². The van der Waals surface area contributed by atoms with E-state index in [1.54, 1.807) is 0 Å². The third kappa shape index (κ3) is 3.70. The van der Waals surface area contributed by atoms with Gasteiger partial charge in [-0.3, -0.25) is 9.78 Å². The molecule has 18 heavy (non-hydrogen) atoms. The molecular formula is C13H19N3O2. The zero-order chi connectivity index (χ0) is 12.8. The zero-order valence-corrected chi connectivity index (χ0v) is 10.4. The second-order valence-corrected chi connectivity index (χ2v) is 4.56. The highest BCUT2D eigenvalue weighted by molar-refractivity contribution is 5.66. The van der Waals surface area contributed by atoms with Gasteiger partial charge in [-0.2, -0.15) is 0 Å². The summed E-state index contributed by atoms with van der Waals surface area (Å²) in [7, 11) is 0. The van der Waals surface area contributed by atoms with E-state index in [0.29, 0.717) is 12.6 Å². The van der Waals surface area contributed by atoms with Crippen LogP contribution in [0.4, 0.5) is 5.69 Å². The molecule has 0 radical (unpaired) electrons. The second-order valence-electron chi connectivity index (χ2n) is 4.56. The number of aliphatic carboxylic acids is 1. The van der Waals surface area contributed by atoms with Crippen LogP contribution < -0.4 is 10.2 Å². The standard InChI is InChI=1S/C13H19N3O2/c17-13(18)3-8-15-11-4-9-16(10-5-11)12-1-6-14-7-2-12/h1-2,6-7,11,15H,3-5,8-10H2,(H,17,18). The van der Waals surface area contributed by atoms with E-state index in [9.17, 15) is 4.79 Å². The summed E-state index contributed by atoms with van der Waals surface area (Å²) < 4.78 is 0. The maximum absolute atomic E-state index is 10.4. The fourth-order valence-electron chi connectivity index (χ4n) is 2.28. The van der Waals surface area contributed by atoms with E-state index >= 15 is 0 Å². The molecule has 0 amide bonds. The fraction of sp³-hybridized carbons (Fsp3) is 0.538. The number of nitrogens with zero attached hydrogens (tertiary/aromatic N) is 2. The summed E-state index contributed by atoms with van der Waals surface area (Å²) in [6.07, 6.45) is 5.94. The first-order valence-corrected chi connectivity index (χ1v) is 6.36. The minimum Gasteiger partial charge on any atom is -0.481 e. The molecule has 98 valence electrons. The monoisotopic (exact) mass is 249 g/mol. The van der Waals surface area contributed by atoms with Crippen LogP contribution in [-0.2, 0) is 4.79 Å². The number of rotatable bonds is 5. The molecule has 1 saturated heterocycles. The quantitative estimate of drug-likeness (QED) is 0.818. The lowest BCUT2D eigenvalue weighted by atomic mass is 10.0. The van der Waals surface area contributed by atoms with Gasteiger partial charge in [0, 0.05) is 43.8 Å². The average molecular weight is 249 g/mol. The van der Waals surface area contributed by atoms with Gasteiger partial charge in [0.05, 0.1) is 6.42 Å². The summed E-state index contributed by atoms with van der Waals surface area (Å²) in [6, 6.07) is 4.50. The Balaban J connectivity index is 1.73. The Hall–Kier alpha value is -1.62. The minimum absolute atomic E-state index is 0.199. The van der Waals surface area contributed by atoms with Gasteiger partial charge in [-0.15, -0.1) is 0 Å². The van der Waals surface area contributed by atoms with Crippen LogP contribution in [-0.4, -0.2) is 41.7 Å². The molecule has 1 aliphatic heterocycles. The number of anilines is 1. The van der Waals surface area contributed by atoms with Gasteiger partial charge < -0.3 is 15.3 Å². The first-order chi connectivity index (χ1) is 8.75. The maximum Gasteiger partial charge on any atom is 0.304 e. The lowest BCUT2D eigenvalue weighted by Gasteiger charge is -2.33. The van der Waals surface area contributed by atoms with Gasteiger partial charge in [-0.1, -0.05) is 0 Å². The summed E-state index contributed by atoms with van der Waals surface area (Å²) in [5, 5.41) is 11.9. The topological polar surface area (TPSA) is 65.5 Å². The molecule has 0 bridgehead atoms. The number of aromatic nitrogens is 1. The highest BCUT2D eigenvalue weighted by Gasteiger charge is 2.18. The molecule has 1 aromatic heterocycles. The zero-order valence-electron chi connectivity index (χ0n) is 10.4. The van der Waals surface area contributed by atoms with Gasteiger partial charge in [-0.05, 0) is 25.0 Å². The number of carboxylic acid groups (broad SMARTS) is 1. The minimum atomic E-state index is -0.739. The Morgan fingerprint density at radius 1 is 1.39 bits per heavy atom. The van der Waals surface area contributed by atoms with Gasteiger partial charge >= 0.3 is 5.97 Å². The van der Waals surface area contributed by atoms with E-state index in [4.69, 9.17) is 5.11 Å². The van der Waals surface area contributed by atoms with Crippen LogP contribution >= 0.6 is 0 Å². The van der Waals surface area contributed by atoms with Gasteiger partial charge in [-0.25, -0.2) is 0 Å². The normalized spacial score (nSPS) is 16.8. The van der Waals surface area contributed by atoms with Crippen molar-refractivity contribution < 1.29 is 9.90 Å². The average Bonchev–Trinajstić information content (AvgIpc) is 2.40. The molecule has 2 rings (SSSR count). The first kappa shape index (κ1) is 12.8.